The molecule has 2 aromatic heterocycles. The fraction of sp³-hybridized carbons (Fsp3) is 0.364. The van der Waals surface area contributed by atoms with Crippen LogP contribution in [0.15, 0.2) is 24.5 Å². The van der Waals surface area contributed by atoms with Crippen molar-refractivity contribution in [3.8, 4) is 0 Å². The molecule has 5 nitrogen and oxygen atoms in total. The maximum absolute atomic E-state index is 5.11. The van der Waals surface area contributed by atoms with Gasteiger partial charge >= 0.3 is 0 Å². The normalized spacial score (nSPS) is 10.5. The quantitative estimate of drug-likeness (QED) is 0.841. The van der Waals surface area contributed by atoms with Crippen LogP contribution in [0.5, 0.6) is 0 Å². The molecule has 0 spiro atoms. The van der Waals surface area contributed by atoms with Crippen molar-refractivity contribution in [2.75, 3.05) is 11.4 Å². The van der Waals surface area contributed by atoms with Gasteiger partial charge in [-0.05, 0) is 36.8 Å². The third-order valence-corrected chi connectivity index (χ3v) is 3.01. The maximum atomic E-state index is 5.11. The average Bonchev–Trinajstić information content (AvgIpc) is 2.69. The summed E-state index contributed by atoms with van der Waals surface area (Å²) >= 11 is 5.11. The fourth-order valence-electron chi connectivity index (χ4n) is 1.65. The predicted octanol–water partition coefficient (Wildman–Crippen LogP) is 1.90. The number of hydrogen-bond acceptors (Lipinski definition) is 4. The number of H-pyrrole nitrogens is 1. The minimum absolute atomic E-state index is 0.633. The van der Waals surface area contributed by atoms with Gasteiger partial charge in [-0.3, -0.25) is 9.55 Å². The second-order valence-corrected chi connectivity index (χ2v) is 4.14. The Morgan fingerprint density at radius 1 is 1.41 bits per heavy atom. The summed E-state index contributed by atoms with van der Waals surface area (Å²) in [6, 6.07) is 4.01. The molecule has 0 atom stereocenters. The predicted molar refractivity (Wildman–Crippen MR) is 69.4 cm³/mol. The van der Waals surface area contributed by atoms with Crippen LogP contribution in [0.3, 0.4) is 0 Å². The first-order valence-corrected chi connectivity index (χ1v) is 5.88. The highest BCUT2D eigenvalue weighted by atomic mass is 32.1. The molecule has 0 saturated heterocycles. The van der Waals surface area contributed by atoms with Gasteiger partial charge in [-0.2, -0.15) is 0 Å². The maximum Gasteiger partial charge on any atom is 0.225 e. The van der Waals surface area contributed by atoms with E-state index in [1.807, 2.05) is 23.7 Å². The number of hydrogen-bond donors (Lipinski definition) is 1. The van der Waals surface area contributed by atoms with Crippen molar-refractivity contribution in [3.05, 3.63) is 34.9 Å². The number of nitrogens with zero attached hydrogens (tertiary/aromatic N) is 4. The Bertz CT molecular complexity index is 530. The summed E-state index contributed by atoms with van der Waals surface area (Å²) in [5.41, 5.74) is 1.20. The van der Waals surface area contributed by atoms with E-state index in [4.69, 9.17) is 12.2 Å². The summed E-state index contributed by atoms with van der Waals surface area (Å²) < 4.78 is 2.51. The summed E-state index contributed by atoms with van der Waals surface area (Å²) in [4.78, 5) is 6.17. The van der Waals surface area contributed by atoms with Gasteiger partial charge in [0.15, 0.2) is 4.77 Å². The lowest BCUT2D eigenvalue weighted by molar-refractivity contribution is 0.750. The lowest BCUT2D eigenvalue weighted by Gasteiger charge is -2.21. The SMILES string of the molecule is CCN(Cc1ccncc1)c1n[nH]c(=S)n1C. The van der Waals surface area contributed by atoms with Gasteiger partial charge in [0.05, 0.1) is 0 Å². The monoisotopic (exact) mass is 249 g/mol. The zero-order chi connectivity index (χ0) is 12.3. The molecule has 0 amide bonds. The van der Waals surface area contributed by atoms with Crippen LogP contribution in [0, 0.1) is 4.77 Å². The lowest BCUT2D eigenvalue weighted by atomic mass is 10.2. The molecule has 0 aliphatic heterocycles. The molecule has 2 rings (SSSR count). The number of aromatic amines is 1. The van der Waals surface area contributed by atoms with Crippen LogP contribution in [0.25, 0.3) is 0 Å². The number of rotatable bonds is 4. The van der Waals surface area contributed by atoms with Crippen LogP contribution in [0.1, 0.15) is 12.5 Å². The van der Waals surface area contributed by atoms with Gasteiger partial charge < -0.3 is 4.90 Å². The standard InChI is InChI=1S/C11H15N5S/c1-3-16(8-9-4-6-12-7-5-9)10-13-14-11(17)15(10)2/h4-7H,3,8H2,1-2H3,(H,14,17). The van der Waals surface area contributed by atoms with E-state index in [1.165, 1.54) is 5.56 Å². The summed E-state index contributed by atoms with van der Waals surface area (Å²) in [5, 5.41) is 7.04. The van der Waals surface area contributed by atoms with Crippen molar-refractivity contribution in [1.29, 1.82) is 0 Å². The second-order valence-electron chi connectivity index (χ2n) is 3.76. The van der Waals surface area contributed by atoms with Gasteiger partial charge in [-0.1, -0.05) is 0 Å². The zero-order valence-electron chi connectivity index (χ0n) is 9.92. The molecule has 0 fully saturated rings. The van der Waals surface area contributed by atoms with Crippen LogP contribution in [-0.4, -0.2) is 26.3 Å². The molecule has 0 unspecified atom stereocenters. The van der Waals surface area contributed by atoms with Crippen molar-refractivity contribution in [2.24, 2.45) is 7.05 Å². The molecule has 90 valence electrons. The molecule has 0 aliphatic carbocycles. The van der Waals surface area contributed by atoms with Crippen LogP contribution in [0.2, 0.25) is 0 Å². The molecule has 0 aliphatic rings. The van der Waals surface area contributed by atoms with E-state index in [-0.39, 0.29) is 0 Å². The third-order valence-electron chi connectivity index (χ3n) is 2.64. The summed E-state index contributed by atoms with van der Waals surface area (Å²) in [7, 11) is 1.91. The highest BCUT2D eigenvalue weighted by molar-refractivity contribution is 7.71. The number of anilines is 1. The fourth-order valence-corrected chi connectivity index (χ4v) is 1.78. The minimum atomic E-state index is 0.633. The molecule has 0 radical (unpaired) electrons. The van der Waals surface area contributed by atoms with E-state index in [9.17, 15) is 0 Å². The van der Waals surface area contributed by atoms with Gasteiger partial charge in [0.2, 0.25) is 5.95 Å². The Kier molecular flexibility index (Phi) is 3.53. The topological polar surface area (TPSA) is 49.7 Å². The number of nitrogens with one attached hydrogen (secondary N) is 1. The van der Waals surface area contributed by atoms with Crippen molar-refractivity contribution in [3.63, 3.8) is 0 Å². The Labute approximate surface area is 105 Å². The van der Waals surface area contributed by atoms with E-state index in [0.29, 0.717) is 4.77 Å². The lowest BCUT2D eigenvalue weighted by Crippen LogP contribution is -2.25. The Morgan fingerprint density at radius 3 is 2.65 bits per heavy atom. The molecule has 1 N–H and O–H groups in total. The Hall–Kier alpha value is -1.69. The number of pyridine rings is 1. The van der Waals surface area contributed by atoms with Crippen LogP contribution in [-0.2, 0) is 13.6 Å². The zero-order valence-corrected chi connectivity index (χ0v) is 10.7. The molecule has 2 aromatic rings. The largest absolute Gasteiger partial charge is 0.337 e. The first-order chi connectivity index (χ1) is 8.22. The molecule has 6 heteroatoms. The van der Waals surface area contributed by atoms with E-state index in [1.54, 1.807) is 12.4 Å². The third kappa shape index (κ3) is 2.52. The molecule has 0 saturated carbocycles. The van der Waals surface area contributed by atoms with Gasteiger partial charge in [0.25, 0.3) is 0 Å². The van der Waals surface area contributed by atoms with Crippen LogP contribution >= 0.6 is 12.2 Å². The summed E-state index contributed by atoms with van der Waals surface area (Å²) in [6.45, 7) is 3.77. The molecular formula is C11H15N5S. The van der Waals surface area contributed by atoms with Gasteiger partial charge in [0, 0.05) is 32.5 Å². The van der Waals surface area contributed by atoms with Crippen molar-refractivity contribution in [1.82, 2.24) is 19.7 Å². The molecule has 0 aromatic carbocycles. The van der Waals surface area contributed by atoms with E-state index in [0.717, 1.165) is 19.0 Å². The van der Waals surface area contributed by atoms with E-state index < -0.39 is 0 Å². The van der Waals surface area contributed by atoms with Crippen LogP contribution < -0.4 is 4.90 Å². The Balaban J connectivity index is 2.23. The highest BCUT2D eigenvalue weighted by Gasteiger charge is 2.11. The molecular weight excluding hydrogens is 234 g/mol. The average molecular weight is 249 g/mol. The second kappa shape index (κ2) is 5.09. The van der Waals surface area contributed by atoms with Crippen LogP contribution in [0.4, 0.5) is 5.95 Å². The van der Waals surface area contributed by atoms with Crippen molar-refractivity contribution < 1.29 is 0 Å². The first kappa shape index (κ1) is 11.8. The Morgan fingerprint density at radius 2 is 2.12 bits per heavy atom. The first-order valence-electron chi connectivity index (χ1n) is 5.47. The number of aromatic nitrogens is 4. The smallest absolute Gasteiger partial charge is 0.225 e. The van der Waals surface area contributed by atoms with Gasteiger partial charge in [-0.15, -0.1) is 5.10 Å². The van der Waals surface area contributed by atoms with Gasteiger partial charge in [0.1, 0.15) is 0 Å². The minimum Gasteiger partial charge on any atom is -0.337 e. The summed E-state index contributed by atoms with van der Waals surface area (Å²) in [5.74, 6) is 0.856. The van der Waals surface area contributed by atoms with E-state index in [2.05, 4.69) is 27.0 Å². The van der Waals surface area contributed by atoms with Crippen molar-refractivity contribution in [2.45, 2.75) is 13.5 Å². The molecule has 17 heavy (non-hydrogen) atoms. The molecule has 0 bridgehead atoms. The highest BCUT2D eigenvalue weighted by Crippen LogP contribution is 2.13. The molecule has 2 heterocycles. The van der Waals surface area contributed by atoms with E-state index >= 15 is 0 Å². The summed E-state index contributed by atoms with van der Waals surface area (Å²) in [6.07, 6.45) is 3.60. The van der Waals surface area contributed by atoms with Gasteiger partial charge in [-0.25, -0.2) is 5.10 Å². The van der Waals surface area contributed by atoms with Crippen molar-refractivity contribution >= 4 is 18.2 Å².